The number of carbonyl (C=O) groups is 3. The monoisotopic (exact) mass is 477 g/mol. The Morgan fingerprint density at radius 1 is 1.15 bits per heavy atom. The van der Waals surface area contributed by atoms with E-state index in [0.717, 1.165) is 6.07 Å². The number of nitro groups is 1. The van der Waals surface area contributed by atoms with Crippen molar-refractivity contribution in [2.75, 3.05) is 11.9 Å². The summed E-state index contributed by atoms with van der Waals surface area (Å²) in [5.41, 5.74) is 0.755. The van der Waals surface area contributed by atoms with Crippen LogP contribution in [0.2, 0.25) is 5.02 Å². The van der Waals surface area contributed by atoms with Crippen LogP contribution in [0.5, 0.6) is 0 Å². The number of rotatable bonds is 9. The number of alkyl carbamates (subject to hydrolysis) is 1. The van der Waals surface area contributed by atoms with E-state index in [1.807, 2.05) is 0 Å². The second-order valence-electron chi connectivity index (χ2n) is 7.18. The molecular weight excluding hydrogens is 454 g/mol. The van der Waals surface area contributed by atoms with Crippen LogP contribution in [-0.4, -0.2) is 41.6 Å². The lowest BCUT2D eigenvalue weighted by molar-refractivity contribution is -0.384. The molecule has 0 aliphatic heterocycles. The van der Waals surface area contributed by atoms with Crippen LogP contribution in [0.4, 0.5) is 16.2 Å². The molecule has 0 radical (unpaired) electrons. The summed E-state index contributed by atoms with van der Waals surface area (Å²) in [6.45, 7) is 5.15. The molecule has 2 aromatic rings. The van der Waals surface area contributed by atoms with E-state index in [1.54, 1.807) is 26.8 Å². The molecule has 2 amide bonds. The number of hydrogen-bond acceptors (Lipinski definition) is 7. The summed E-state index contributed by atoms with van der Waals surface area (Å²) in [5.74, 6) is -1.20. The van der Waals surface area contributed by atoms with Gasteiger partial charge in [-0.05, 0) is 44.5 Å². The molecule has 0 aromatic heterocycles. The Bertz CT molecular complexity index is 1040. The van der Waals surface area contributed by atoms with Gasteiger partial charge in [0.1, 0.15) is 6.04 Å². The van der Waals surface area contributed by atoms with Crippen LogP contribution >= 0.6 is 11.6 Å². The predicted molar refractivity (Wildman–Crippen MR) is 121 cm³/mol. The lowest BCUT2D eigenvalue weighted by Crippen LogP contribution is -2.44. The summed E-state index contributed by atoms with van der Waals surface area (Å²) >= 11 is 6.29. The number of carbonyl (C=O) groups excluding carboxylic acids is 3. The van der Waals surface area contributed by atoms with E-state index >= 15 is 0 Å². The molecule has 1 unspecified atom stereocenters. The number of nitro benzene ring substituents is 1. The molecule has 0 saturated carbocycles. The fraction of sp³-hybridized carbons (Fsp3) is 0.318. The van der Waals surface area contributed by atoms with Crippen LogP contribution in [0.3, 0.4) is 0 Å². The summed E-state index contributed by atoms with van der Waals surface area (Å²) in [5, 5.41) is 16.2. The minimum absolute atomic E-state index is 0.0743. The zero-order chi connectivity index (χ0) is 24.5. The number of hydrogen-bond donors (Lipinski definition) is 2. The Kier molecular flexibility index (Phi) is 9.17. The van der Waals surface area contributed by atoms with Crippen molar-refractivity contribution >= 4 is 40.9 Å². The molecule has 0 bridgehead atoms. The molecule has 2 N–H and O–H groups in total. The quantitative estimate of drug-likeness (QED) is 0.315. The van der Waals surface area contributed by atoms with E-state index in [-0.39, 0.29) is 41.1 Å². The first kappa shape index (κ1) is 25.6. The summed E-state index contributed by atoms with van der Waals surface area (Å²) in [6, 6.07) is 8.97. The third-order valence-electron chi connectivity index (χ3n) is 4.25. The first-order chi connectivity index (χ1) is 15.6. The van der Waals surface area contributed by atoms with E-state index in [0.29, 0.717) is 5.56 Å². The normalized spacial score (nSPS) is 11.4. The first-order valence-corrected chi connectivity index (χ1v) is 10.5. The van der Waals surface area contributed by atoms with Crippen molar-refractivity contribution in [2.45, 2.75) is 39.3 Å². The highest BCUT2D eigenvalue weighted by Crippen LogP contribution is 2.25. The molecule has 11 heteroatoms. The van der Waals surface area contributed by atoms with Crippen molar-refractivity contribution in [1.82, 2.24) is 5.32 Å². The SMILES string of the molecule is CCOC(=O)C(Cc1ccc(NC(=O)c2cccc([N+](=O)[O-])c2)c(Cl)c1)NC(=O)OC(C)C. The van der Waals surface area contributed by atoms with Crippen molar-refractivity contribution in [1.29, 1.82) is 0 Å². The molecule has 0 aliphatic rings. The molecule has 2 aromatic carbocycles. The minimum atomic E-state index is -1.00. The standard InChI is InChI=1S/C22H24ClN3O7/c1-4-32-21(28)19(25-22(29)33-13(2)3)11-14-8-9-18(17(23)10-14)24-20(27)15-6-5-7-16(12-15)26(30)31/h5-10,12-13,19H,4,11H2,1-3H3,(H,24,27)(H,25,29). The van der Waals surface area contributed by atoms with Crippen LogP contribution < -0.4 is 10.6 Å². The number of nitrogens with zero attached hydrogens (tertiary/aromatic N) is 1. The molecule has 2 rings (SSSR count). The fourth-order valence-corrected chi connectivity index (χ4v) is 3.05. The number of non-ortho nitro benzene ring substituents is 1. The highest BCUT2D eigenvalue weighted by Gasteiger charge is 2.24. The number of benzene rings is 2. The maximum absolute atomic E-state index is 12.5. The second-order valence-corrected chi connectivity index (χ2v) is 7.59. The summed E-state index contributed by atoms with van der Waals surface area (Å²) in [6.07, 6.45) is -1.04. The Balaban J connectivity index is 2.14. The van der Waals surface area contributed by atoms with Gasteiger partial charge < -0.3 is 20.1 Å². The summed E-state index contributed by atoms with van der Waals surface area (Å²) < 4.78 is 10.0. The van der Waals surface area contributed by atoms with Gasteiger partial charge in [0.25, 0.3) is 11.6 Å². The lowest BCUT2D eigenvalue weighted by Gasteiger charge is -2.18. The fourth-order valence-electron chi connectivity index (χ4n) is 2.80. The van der Waals surface area contributed by atoms with Crippen LogP contribution in [0.1, 0.15) is 36.7 Å². The van der Waals surface area contributed by atoms with Gasteiger partial charge in [-0.2, -0.15) is 0 Å². The minimum Gasteiger partial charge on any atom is -0.464 e. The number of ether oxygens (including phenoxy) is 2. The van der Waals surface area contributed by atoms with Crippen molar-refractivity contribution < 1.29 is 28.8 Å². The van der Waals surface area contributed by atoms with Gasteiger partial charge in [-0.15, -0.1) is 0 Å². The third kappa shape index (κ3) is 7.76. The zero-order valence-corrected chi connectivity index (χ0v) is 19.0. The molecule has 0 aliphatic carbocycles. The van der Waals surface area contributed by atoms with Gasteiger partial charge in [0.05, 0.1) is 28.3 Å². The van der Waals surface area contributed by atoms with Gasteiger partial charge in [-0.25, -0.2) is 9.59 Å². The largest absolute Gasteiger partial charge is 0.464 e. The van der Waals surface area contributed by atoms with Gasteiger partial charge in [0.15, 0.2) is 0 Å². The number of esters is 1. The first-order valence-electron chi connectivity index (χ1n) is 10.1. The van der Waals surface area contributed by atoms with Crippen LogP contribution in [0.15, 0.2) is 42.5 Å². The maximum Gasteiger partial charge on any atom is 0.408 e. The molecule has 10 nitrogen and oxygen atoms in total. The third-order valence-corrected chi connectivity index (χ3v) is 4.56. The van der Waals surface area contributed by atoms with Crippen LogP contribution in [0.25, 0.3) is 0 Å². The molecule has 0 saturated heterocycles. The highest BCUT2D eigenvalue weighted by atomic mass is 35.5. The Morgan fingerprint density at radius 2 is 1.88 bits per heavy atom. The van der Waals surface area contributed by atoms with Gasteiger partial charge in [-0.1, -0.05) is 23.7 Å². The van der Waals surface area contributed by atoms with E-state index in [2.05, 4.69) is 10.6 Å². The van der Waals surface area contributed by atoms with E-state index in [1.165, 1.54) is 30.3 Å². The van der Waals surface area contributed by atoms with Crippen molar-refractivity contribution in [3.8, 4) is 0 Å². The molecule has 0 heterocycles. The Labute approximate surface area is 195 Å². The molecule has 176 valence electrons. The average Bonchev–Trinajstić information content (AvgIpc) is 2.74. The van der Waals surface area contributed by atoms with Crippen molar-refractivity contribution in [3.63, 3.8) is 0 Å². The summed E-state index contributed by atoms with van der Waals surface area (Å²) in [4.78, 5) is 47.0. The summed E-state index contributed by atoms with van der Waals surface area (Å²) in [7, 11) is 0. The van der Waals surface area contributed by atoms with Crippen LogP contribution in [-0.2, 0) is 20.7 Å². The highest BCUT2D eigenvalue weighted by molar-refractivity contribution is 6.34. The molecule has 1 atom stereocenters. The van der Waals surface area contributed by atoms with Gasteiger partial charge in [0, 0.05) is 24.1 Å². The average molecular weight is 478 g/mol. The predicted octanol–water partition coefficient (Wildman–Crippen LogP) is 4.11. The number of anilines is 1. The maximum atomic E-state index is 12.5. The molecule has 33 heavy (non-hydrogen) atoms. The van der Waals surface area contributed by atoms with Gasteiger partial charge in [-0.3, -0.25) is 14.9 Å². The van der Waals surface area contributed by atoms with E-state index in [9.17, 15) is 24.5 Å². The Hall–Kier alpha value is -3.66. The number of amides is 2. The zero-order valence-electron chi connectivity index (χ0n) is 18.3. The second kappa shape index (κ2) is 11.8. The Morgan fingerprint density at radius 3 is 2.48 bits per heavy atom. The molecule has 0 fully saturated rings. The van der Waals surface area contributed by atoms with Crippen molar-refractivity contribution in [2.24, 2.45) is 0 Å². The lowest BCUT2D eigenvalue weighted by atomic mass is 10.1. The number of halogens is 1. The smallest absolute Gasteiger partial charge is 0.408 e. The number of nitrogens with one attached hydrogen (secondary N) is 2. The van der Waals surface area contributed by atoms with Gasteiger partial charge in [0.2, 0.25) is 0 Å². The van der Waals surface area contributed by atoms with Crippen molar-refractivity contribution in [3.05, 3.63) is 68.7 Å². The van der Waals surface area contributed by atoms with E-state index < -0.39 is 28.9 Å². The van der Waals surface area contributed by atoms with Crippen LogP contribution in [0, 0.1) is 10.1 Å². The topological polar surface area (TPSA) is 137 Å². The van der Waals surface area contributed by atoms with Gasteiger partial charge >= 0.3 is 12.1 Å². The van der Waals surface area contributed by atoms with E-state index in [4.69, 9.17) is 21.1 Å². The molecule has 0 spiro atoms. The molecular formula is C22H24ClN3O7.